The summed E-state index contributed by atoms with van der Waals surface area (Å²) in [6.07, 6.45) is -3.01. The number of nitrogens with zero attached hydrogens (tertiary/aromatic N) is 1. The molecule has 8 heteroatoms. The highest BCUT2D eigenvalue weighted by Gasteiger charge is 2.55. The zero-order valence-corrected chi connectivity index (χ0v) is 17.5. The number of rotatable bonds is 6. The highest BCUT2D eigenvalue weighted by atomic mass is 19.1. The number of halogens is 1. The number of carboxylic acids is 1. The molecule has 0 aromatic heterocycles. The fraction of sp³-hybridized carbons (Fsp3) is 0.348. The van der Waals surface area contributed by atoms with Crippen molar-refractivity contribution in [1.82, 2.24) is 0 Å². The lowest BCUT2D eigenvalue weighted by atomic mass is 9.88. The van der Waals surface area contributed by atoms with Crippen molar-refractivity contribution in [1.29, 1.82) is 0 Å². The molecule has 1 amide bonds. The van der Waals surface area contributed by atoms with Crippen LogP contribution in [0.1, 0.15) is 38.0 Å². The molecule has 1 aliphatic heterocycles. The Bertz CT molecular complexity index is 1010. The Balaban J connectivity index is 2.29. The van der Waals surface area contributed by atoms with E-state index >= 15 is 0 Å². The van der Waals surface area contributed by atoms with E-state index in [-0.39, 0.29) is 18.0 Å². The minimum Gasteiger partial charge on any atom is -0.479 e. The summed E-state index contributed by atoms with van der Waals surface area (Å²) in [5.41, 5.74) is 4.40. The Morgan fingerprint density at radius 2 is 1.74 bits per heavy atom. The van der Waals surface area contributed by atoms with Gasteiger partial charge in [-0.05, 0) is 25.0 Å². The number of hydrogen-bond acceptors (Lipinski definition) is 5. The first-order valence-corrected chi connectivity index (χ1v) is 9.92. The van der Waals surface area contributed by atoms with E-state index in [1.165, 1.54) is 23.1 Å². The third kappa shape index (κ3) is 3.96. The lowest BCUT2D eigenvalue weighted by Gasteiger charge is -2.33. The van der Waals surface area contributed by atoms with Gasteiger partial charge in [-0.25, -0.2) is 9.18 Å². The molecule has 0 bridgehead atoms. The highest BCUT2D eigenvalue weighted by Crippen LogP contribution is 2.40. The first kappa shape index (κ1) is 22.6. The summed E-state index contributed by atoms with van der Waals surface area (Å²) in [5.74, 6) is -3.98. The Hall–Kier alpha value is -3.10. The second-order valence-electron chi connectivity index (χ2n) is 8.05. The van der Waals surface area contributed by atoms with Crippen LogP contribution in [0.25, 0.3) is 0 Å². The molecular formula is C23H25FN2O5. The molecule has 0 spiro atoms. The number of ether oxygens (including phenoxy) is 1. The first-order valence-electron chi connectivity index (χ1n) is 9.92. The topological polar surface area (TPSA) is 110 Å². The molecule has 1 unspecified atom stereocenters. The smallest absolute Gasteiger partial charge is 0.334 e. The summed E-state index contributed by atoms with van der Waals surface area (Å²) in [6, 6.07) is 12.6. The zero-order chi connectivity index (χ0) is 22.9. The SMILES string of the molecule is CC(=O)C(N)(C(=O)O)[C@@H]1O[C@@H](c2ccccc2F)c2ccccc2N(CC(C)C)C1=O. The van der Waals surface area contributed by atoms with E-state index in [0.29, 0.717) is 11.3 Å². The number of anilines is 1. The summed E-state index contributed by atoms with van der Waals surface area (Å²) in [5, 5.41) is 9.79. The van der Waals surface area contributed by atoms with E-state index in [1.807, 2.05) is 13.8 Å². The van der Waals surface area contributed by atoms with Gasteiger partial charge in [0.25, 0.3) is 5.91 Å². The number of carboxylic acid groups (broad SMARTS) is 1. The molecule has 7 nitrogen and oxygen atoms in total. The molecule has 31 heavy (non-hydrogen) atoms. The van der Waals surface area contributed by atoms with Crippen molar-refractivity contribution in [2.75, 3.05) is 11.4 Å². The molecule has 3 atom stereocenters. The van der Waals surface area contributed by atoms with Crippen molar-refractivity contribution in [3.8, 4) is 0 Å². The van der Waals surface area contributed by atoms with Gasteiger partial charge in [-0.3, -0.25) is 9.59 Å². The van der Waals surface area contributed by atoms with Crippen molar-refractivity contribution in [3.63, 3.8) is 0 Å². The third-order valence-corrected chi connectivity index (χ3v) is 5.36. The average molecular weight is 428 g/mol. The first-order chi connectivity index (χ1) is 14.6. The van der Waals surface area contributed by atoms with Crippen LogP contribution in [0.3, 0.4) is 0 Å². The molecule has 1 aliphatic rings. The summed E-state index contributed by atoms with van der Waals surface area (Å²) in [7, 11) is 0. The number of hydrogen-bond donors (Lipinski definition) is 2. The Kier molecular flexibility index (Phi) is 6.24. The summed E-state index contributed by atoms with van der Waals surface area (Å²) >= 11 is 0. The molecule has 0 fully saturated rings. The molecule has 3 N–H and O–H groups in total. The van der Waals surface area contributed by atoms with Gasteiger partial charge in [0.2, 0.25) is 5.54 Å². The van der Waals surface area contributed by atoms with Crippen molar-refractivity contribution >= 4 is 23.3 Å². The monoisotopic (exact) mass is 428 g/mol. The molecule has 0 saturated carbocycles. The van der Waals surface area contributed by atoms with E-state index in [4.69, 9.17) is 10.5 Å². The van der Waals surface area contributed by atoms with E-state index in [0.717, 1.165) is 6.92 Å². The number of carbonyl (C=O) groups excluding carboxylic acids is 2. The number of nitrogens with two attached hydrogens (primary N) is 1. The zero-order valence-electron chi connectivity index (χ0n) is 17.5. The van der Waals surface area contributed by atoms with E-state index in [2.05, 4.69) is 0 Å². The van der Waals surface area contributed by atoms with Gasteiger partial charge in [0.1, 0.15) is 11.9 Å². The van der Waals surface area contributed by atoms with Gasteiger partial charge < -0.3 is 20.5 Å². The average Bonchev–Trinajstić information content (AvgIpc) is 2.83. The fourth-order valence-electron chi connectivity index (χ4n) is 3.71. The Labute approximate surface area is 179 Å². The molecule has 0 radical (unpaired) electrons. The number of aliphatic carboxylic acids is 1. The van der Waals surface area contributed by atoms with Crippen LogP contribution in [0.15, 0.2) is 48.5 Å². The fourth-order valence-corrected chi connectivity index (χ4v) is 3.71. The second kappa shape index (κ2) is 8.56. The summed E-state index contributed by atoms with van der Waals surface area (Å²) in [6.45, 7) is 5.01. The maximum Gasteiger partial charge on any atom is 0.334 e. The lowest BCUT2D eigenvalue weighted by Crippen LogP contribution is -2.67. The van der Waals surface area contributed by atoms with Crippen LogP contribution in [0.2, 0.25) is 0 Å². The largest absolute Gasteiger partial charge is 0.479 e. The van der Waals surface area contributed by atoms with Crippen molar-refractivity contribution in [3.05, 3.63) is 65.5 Å². The molecule has 0 saturated heterocycles. The van der Waals surface area contributed by atoms with Crippen molar-refractivity contribution in [2.45, 2.75) is 38.5 Å². The van der Waals surface area contributed by atoms with Gasteiger partial charge in [-0.1, -0.05) is 50.2 Å². The van der Waals surface area contributed by atoms with E-state index < -0.39 is 41.2 Å². The maximum absolute atomic E-state index is 14.8. The van der Waals surface area contributed by atoms with Crippen LogP contribution in [0.4, 0.5) is 10.1 Å². The number of benzene rings is 2. The number of carbonyl (C=O) groups is 3. The lowest BCUT2D eigenvalue weighted by molar-refractivity contribution is -0.162. The van der Waals surface area contributed by atoms with Crippen LogP contribution < -0.4 is 10.6 Å². The molecule has 1 heterocycles. The number of Topliss-reactive ketones (excluding diaryl/α,β-unsaturated/α-hetero) is 1. The van der Waals surface area contributed by atoms with E-state index in [1.54, 1.807) is 30.3 Å². The molecule has 3 rings (SSSR count). The predicted molar refractivity (Wildman–Crippen MR) is 112 cm³/mol. The van der Waals surface area contributed by atoms with Crippen LogP contribution in [-0.2, 0) is 19.1 Å². The second-order valence-corrected chi connectivity index (χ2v) is 8.05. The molecule has 2 aromatic rings. The normalized spacial score (nSPS) is 20.7. The van der Waals surface area contributed by atoms with Gasteiger partial charge in [0.15, 0.2) is 11.9 Å². The number of fused-ring (bicyclic) bond motifs is 1. The predicted octanol–water partition coefficient (Wildman–Crippen LogP) is 2.67. The molecular weight excluding hydrogens is 403 g/mol. The minimum absolute atomic E-state index is 0.0111. The van der Waals surface area contributed by atoms with Gasteiger partial charge in [-0.2, -0.15) is 0 Å². The minimum atomic E-state index is -2.64. The number of ketones is 1. The number of amides is 1. The highest BCUT2D eigenvalue weighted by molar-refractivity contribution is 6.14. The summed E-state index contributed by atoms with van der Waals surface area (Å²) < 4.78 is 20.7. The quantitative estimate of drug-likeness (QED) is 0.685. The Morgan fingerprint density at radius 3 is 2.29 bits per heavy atom. The molecule has 2 aromatic carbocycles. The van der Waals surface area contributed by atoms with Gasteiger partial charge in [0.05, 0.1) is 0 Å². The van der Waals surface area contributed by atoms with Crippen molar-refractivity contribution < 1.29 is 28.6 Å². The molecule has 0 aliphatic carbocycles. The standard InChI is InChI=1S/C23H25FN2O5/c1-13(2)12-26-18-11-7-5-9-16(18)19(15-8-4-6-10-17(15)24)31-20(21(26)28)23(25,14(3)27)22(29)30/h4-11,13,19-20H,12,25H2,1-3H3,(H,29,30)/t19-,20+,23?/m0/s1. The van der Waals surface area contributed by atoms with Gasteiger partial charge in [0, 0.05) is 23.4 Å². The Morgan fingerprint density at radius 1 is 1.16 bits per heavy atom. The van der Waals surface area contributed by atoms with Crippen LogP contribution in [0, 0.1) is 11.7 Å². The number of para-hydroxylation sites is 1. The summed E-state index contributed by atoms with van der Waals surface area (Å²) in [4.78, 5) is 39.4. The van der Waals surface area contributed by atoms with Crippen LogP contribution >= 0.6 is 0 Å². The van der Waals surface area contributed by atoms with Crippen LogP contribution in [-0.4, -0.2) is 41.0 Å². The third-order valence-electron chi connectivity index (χ3n) is 5.36. The van der Waals surface area contributed by atoms with Crippen LogP contribution in [0.5, 0.6) is 0 Å². The maximum atomic E-state index is 14.8. The van der Waals surface area contributed by atoms with E-state index in [9.17, 15) is 23.9 Å². The van der Waals surface area contributed by atoms with Gasteiger partial charge >= 0.3 is 5.97 Å². The van der Waals surface area contributed by atoms with Crippen molar-refractivity contribution in [2.24, 2.45) is 11.7 Å². The van der Waals surface area contributed by atoms with Gasteiger partial charge in [-0.15, -0.1) is 0 Å². The molecule has 164 valence electrons.